The van der Waals surface area contributed by atoms with E-state index in [1.54, 1.807) is 36.5 Å². The van der Waals surface area contributed by atoms with Crippen molar-refractivity contribution in [2.75, 3.05) is 0 Å². The zero-order valence-corrected chi connectivity index (χ0v) is 12.6. The van der Waals surface area contributed by atoms with E-state index in [-0.39, 0.29) is 5.82 Å². The average Bonchev–Trinajstić information content (AvgIpc) is 2.94. The molecule has 6 heteroatoms. The predicted octanol–water partition coefficient (Wildman–Crippen LogP) is 4.80. The van der Waals surface area contributed by atoms with E-state index >= 15 is 0 Å². The molecule has 0 aliphatic carbocycles. The molecule has 1 aromatic heterocycles. The number of aldehydes is 1. The fourth-order valence-corrected chi connectivity index (χ4v) is 2.39. The SMILES string of the molecule is O=Cc1cn(-c2cccc(F)c2)nc1-c1ccc(Cl)c(Cl)c1. The van der Waals surface area contributed by atoms with Crippen LogP contribution in [-0.2, 0) is 0 Å². The molecular weight excluding hydrogens is 326 g/mol. The number of benzene rings is 2. The molecule has 0 spiro atoms. The van der Waals surface area contributed by atoms with Crippen molar-refractivity contribution in [2.45, 2.75) is 0 Å². The van der Waals surface area contributed by atoms with Gasteiger partial charge in [-0.15, -0.1) is 0 Å². The van der Waals surface area contributed by atoms with Gasteiger partial charge < -0.3 is 0 Å². The summed E-state index contributed by atoms with van der Waals surface area (Å²) in [6.45, 7) is 0. The Hall–Kier alpha value is -2.17. The normalized spacial score (nSPS) is 10.7. The molecule has 1 heterocycles. The first-order valence-electron chi connectivity index (χ1n) is 6.34. The molecule has 22 heavy (non-hydrogen) atoms. The molecule has 110 valence electrons. The summed E-state index contributed by atoms with van der Waals surface area (Å²) in [7, 11) is 0. The van der Waals surface area contributed by atoms with Crippen molar-refractivity contribution in [3.05, 3.63) is 70.1 Å². The molecule has 0 fully saturated rings. The molecule has 0 bridgehead atoms. The minimum atomic E-state index is -0.378. The van der Waals surface area contributed by atoms with Gasteiger partial charge in [-0.05, 0) is 30.3 Å². The molecule has 0 aliphatic heterocycles. The molecule has 0 radical (unpaired) electrons. The Morgan fingerprint density at radius 3 is 2.59 bits per heavy atom. The summed E-state index contributed by atoms with van der Waals surface area (Å²) in [5.41, 5.74) is 2.02. The first-order chi connectivity index (χ1) is 10.6. The Balaban J connectivity index is 2.12. The zero-order valence-electron chi connectivity index (χ0n) is 11.1. The number of rotatable bonds is 3. The van der Waals surface area contributed by atoms with Gasteiger partial charge in [-0.2, -0.15) is 5.10 Å². The van der Waals surface area contributed by atoms with E-state index in [2.05, 4.69) is 5.10 Å². The molecule has 0 saturated carbocycles. The second-order valence-corrected chi connectivity index (χ2v) is 5.42. The molecule has 2 aromatic carbocycles. The summed E-state index contributed by atoms with van der Waals surface area (Å²) in [4.78, 5) is 11.3. The van der Waals surface area contributed by atoms with Gasteiger partial charge in [0.25, 0.3) is 0 Å². The minimum absolute atomic E-state index is 0.372. The summed E-state index contributed by atoms with van der Waals surface area (Å²) in [6, 6.07) is 10.9. The zero-order chi connectivity index (χ0) is 15.7. The molecule has 0 N–H and O–H groups in total. The number of nitrogens with zero attached hydrogens (tertiary/aromatic N) is 2. The van der Waals surface area contributed by atoms with E-state index in [0.717, 1.165) is 0 Å². The fourth-order valence-electron chi connectivity index (χ4n) is 2.09. The van der Waals surface area contributed by atoms with Gasteiger partial charge in [-0.3, -0.25) is 4.79 Å². The smallest absolute Gasteiger partial charge is 0.153 e. The van der Waals surface area contributed by atoms with Crippen LogP contribution in [0.4, 0.5) is 4.39 Å². The lowest BCUT2D eigenvalue weighted by Crippen LogP contribution is -1.95. The van der Waals surface area contributed by atoms with Crippen LogP contribution in [0.2, 0.25) is 10.0 Å². The van der Waals surface area contributed by atoms with Crippen LogP contribution in [0, 0.1) is 5.82 Å². The van der Waals surface area contributed by atoms with Crippen molar-refractivity contribution in [1.82, 2.24) is 9.78 Å². The highest BCUT2D eigenvalue weighted by Gasteiger charge is 2.13. The number of halogens is 3. The van der Waals surface area contributed by atoms with E-state index < -0.39 is 0 Å². The van der Waals surface area contributed by atoms with Crippen LogP contribution >= 0.6 is 23.2 Å². The van der Waals surface area contributed by atoms with Gasteiger partial charge in [0.1, 0.15) is 11.5 Å². The quantitative estimate of drug-likeness (QED) is 0.645. The third-order valence-corrected chi connectivity index (χ3v) is 3.87. The van der Waals surface area contributed by atoms with Crippen molar-refractivity contribution in [2.24, 2.45) is 0 Å². The molecule has 3 aromatic rings. The van der Waals surface area contributed by atoms with Gasteiger partial charge in [0, 0.05) is 11.8 Å². The van der Waals surface area contributed by atoms with E-state index in [0.29, 0.717) is 38.8 Å². The maximum absolute atomic E-state index is 13.3. The summed E-state index contributed by atoms with van der Waals surface area (Å²) < 4.78 is 14.8. The number of carbonyl (C=O) groups excluding carboxylic acids is 1. The number of hydrogen-bond donors (Lipinski definition) is 0. The van der Waals surface area contributed by atoms with Crippen molar-refractivity contribution in [3.63, 3.8) is 0 Å². The molecular formula is C16H9Cl2FN2O. The standard InChI is InChI=1S/C16H9Cl2FN2O/c17-14-5-4-10(6-15(14)18)16-11(9-22)8-21(20-16)13-3-1-2-12(19)7-13/h1-9H. The minimum Gasteiger partial charge on any atom is -0.298 e. The monoisotopic (exact) mass is 334 g/mol. The highest BCUT2D eigenvalue weighted by molar-refractivity contribution is 6.42. The first kappa shape index (κ1) is 14.8. The summed E-state index contributed by atoms with van der Waals surface area (Å²) in [5, 5.41) is 5.14. The number of aromatic nitrogens is 2. The van der Waals surface area contributed by atoms with Gasteiger partial charge >= 0.3 is 0 Å². The highest BCUT2D eigenvalue weighted by Crippen LogP contribution is 2.29. The Labute approximate surface area is 135 Å². The van der Waals surface area contributed by atoms with Crippen molar-refractivity contribution >= 4 is 29.5 Å². The lowest BCUT2D eigenvalue weighted by molar-refractivity contribution is 0.112. The maximum Gasteiger partial charge on any atom is 0.153 e. The van der Waals surface area contributed by atoms with Gasteiger partial charge in [-0.1, -0.05) is 35.3 Å². The predicted molar refractivity (Wildman–Crippen MR) is 84.4 cm³/mol. The van der Waals surface area contributed by atoms with Crippen LogP contribution in [0.1, 0.15) is 10.4 Å². The third kappa shape index (κ3) is 2.75. The topological polar surface area (TPSA) is 34.9 Å². The van der Waals surface area contributed by atoms with Crippen LogP contribution in [-0.4, -0.2) is 16.1 Å². The van der Waals surface area contributed by atoms with Gasteiger partial charge in [0.2, 0.25) is 0 Å². The largest absolute Gasteiger partial charge is 0.298 e. The van der Waals surface area contributed by atoms with Gasteiger partial charge in [0.05, 0.1) is 21.3 Å². The number of hydrogen-bond acceptors (Lipinski definition) is 2. The van der Waals surface area contributed by atoms with E-state index in [9.17, 15) is 9.18 Å². The number of carbonyl (C=O) groups is 1. The summed E-state index contributed by atoms with van der Waals surface area (Å²) in [5.74, 6) is -0.378. The molecule has 0 atom stereocenters. The lowest BCUT2D eigenvalue weighted by Gasteiger charge is -2.02. The lowest BCUT2D eigenvalue weighted by atomic mass is 10.1. The fraction of sp³-hybridized carbons (Fsp3) is 0. The Morgan fingerprint density at radius 2 is 1.91 bits per heavy atom. The van der Waals surface area contributed by atoms with Crippen LogP contribution in [0.15, 0.2) is 48.7 Å². The average molecular weight is 335 g/mol. The van der Waals surface area contributed by atoms with Gasteiger partial charge in [0.15, 0.2) is 6.29 Å². The second-order valence-electron chi connectivity index (χ2n) is 4.60. The van der Waals surface area contributed by atoms with Crippen LogP contribution < -0.4 is 0 Å². The summed E-state index contributed by atoms with van der Waals surface area (Å²) >= 11 is 11.9. The molecule has 0 unspecified atom stereocenters. The van der Waals surface area contributed by atoms with Crippen molar-refractivity contribution in [3.8, 4) is 16.9 Å². The molecule has 0 saturated heterocycles. The van der Waals surface area contributed by atoms with Crippen LogP contribution in [0.3, 0.4) is 0 Å². The summed E-state index contributed by atoms with van der Waals surface area (Å²) in [6.07, 6.45) is 2.24. The van der Waals surface area contributed by atoms with E-state index in [1.165, 1.54) is 16.8 Å². The van der Waals surface area contributed by atoms with Crippen molar-refractivity contribution < 1.29 is 9.18 Å². The van der Waals surface area contributed by atoms with Gasteiger partial charge in [-0.25, -0.2) is 9.07 Å². The second kappa shape index (κ2) is 5.91. The molecule has 0 amide bonds. The molecule has 0 aliphatic rings. The Bertz CT molecular complexity index is 861. The van der Waals surface area contributed by atoms with E-state index in [4.69, 9.17) is 23.2 Å². The Kier molecular flexibility index (Phi) is 3.96. The molecule has 3 nitrogen and oxygen atoms in total. The van der Waals surface area contributed by atoms with E-state index in [1.807, 2.05) is 0 Å². The molecule has 3 rings (SSSR count). The van der Waals surface area contributed by atoms with Crippen molar-refractivity contribution in [1.29, 1.82) is 0 Å². The maximum atomic E-state index is 13.3. The third-order valence-electron chi connectivity index (χ3n) is 3.14. The van der Waals surface area contributed by atoms with Crippen LogP contribution in [0.25, 0.3) is 16.9 Å². The first-order valence-corrected chi connectivity index (χ1v) is 7.10. The van der Waals surface area contributed by atoms with Crippen LogP contribution in [0.5, 0.6) is 0 Å². The highest BCUT2D eigenvalue weighted by atomic mass is 35.5. The Morgan fingerprint density at radius 1 is 1.09 bits per heavy atom.